The molecule has 3 rings (SSSR count). The molecule has 0 amide bonds. The molecule has 1 radical (unpaired) electrons. The summed E-state index contributed by atoms with van der Waals surface area (Å²) in [5, 5.41) is 11.8. The number of rotatable bonds is 5. The smallest absolute Gasteiger partial charge is 0 e. The predicted molar refractivity (Wildman–Crippen MR) is 110 cm³/mol. The minimum Gasteiger partial charge on any atom is 0 e. The van der Waals surface area contributed by atoms with Crippen LogP contribution in [0.1, 0.15) is 16.7 Å². The second kappa shape index (κ2) is 15.2. The number of aliphatic hydroxyl groups is 1. The van der Waals surface area contributed by atoms with Crippen molar-refractivity contribution >= 4 is 10.0 Å². The third kappa shape index (κ3) is 6.70. The van der Waals surface area contributed by atoms with Crippen LogP contribution in [-0.2, 0) is 46.6 Å². The number of hydrogen-bond acceptors (Lipinski definition) is 3. The second-order valence-electron chi connectivity index (χ2n) is 6.03. The molecule has 0 bridgehead atoms. The quantitative estimate of drug-likeness (QED) is 0.335. The normalized spacial score (nSPS) is 9.94. The zero-order chi connectivity index (χ0) is 24.1. The van der Waals surface area contributed by atoms with E-state index in [1.807, 2.05) is 36.4 Å². The van der Waals surface area contributed by atoms with Crippen molar-refractivity contribution in [3.8, 4) is 0 Å². The van der Waals surface area contributed by atoms with E-state index in [-0.39, 0.29) is 22.0 Å². The SMILES string of the molecule is CN(C)S(=O)(=O)c1ccc[c-]1C(O)(c1ccccc1)c1ccccc1.[C-]#[O+].[C-]#[O+].[C-]#[O+].[Mn]. The molecular weight excluding hydrogens is 473 g/mol. The third-order valence-corrected chi connectivity index (χ3v) is 6.18. The molecule has 0 aliphatic rings. The molecule has 0 atom stereocenters. The summed E-state index contributed by atoms with van der Waals surface area (Å²) in [4.78, 5) is 0.104. The molecule has 3 aromatic rings. The van der Waals surface area contributed by atoms with E-state index < -0.39 is 15.6 Å². The Labute approximate surface area is 198 Å². The van der Waals surface area contributed by atoms with Crippen LogP contribution >= 0.6 is 0 Å². The maximum Gasteiger partial charge on any atom is 0 e. The molecule has 0 spiro atoms. The van der Waals surface area contributed by atoms with Crippen LogP contribution in [0, 0.1) is 20.0 Å². The van der Waals surface area contributed by atoms with Crippen molar-refractivity contribution in [2.24, 2.45) is 0 Å². The summed E-state index contributed by atoms with van der Waals surface area (Å²) in [7, 11) is -0.725. The average molecular weight is 493 g/mol. The molecule has 0 saturated heterocycles. The Morgan fingerprint density at radius 3 is 1.50 bits per heavy atom. The molecule has 0 unspecified atom stereocenters. The van der Waals surface area contributed by atoms with Crippen molar-refractivity contribution in [2.75, 3.05) is 14.1 Å². The van der Waals surface area contributed by atoms with E-state index in [0.29, 0.717) is 16.7 Å². The van der Waals surface area contributed by atoms with E-state index in [9.17, 15) is 13.5 Å². The van der Waals surface area contributed by atoms with E-state index in [4.69, 9.17) is 14.0 Å². The van der Waals surface area contributed by atoms with Crippen molar-refractivity contribution in [1.82, 2.24) is 4.31 Å². The summed E-state index contributed by atoms with van der Waals surface area (Å²) in [6.45, 7) is 13.5. The summed E-state index contributed by atoms with van der Waals surface area (Å²) in [5.41, 5.74) is 0.00793. The van der Waals surface area contributed by atoms with Crippen LogP contribution in [0.3, 0.4) is 0 Å². The van der Waals surface area contributed by atoms with Crippen LogP contribution in [-0.4, -0.2) is 31.9 Å². The van der Waals surface area contributed by atoms with Gasteiger partial charge in [-0.3, -0.25) is 0 Å². The Hall–Kier alpha value is -2.60. The van der Waals surface area contributed by atoms with Crippen LogP contribution in [0.4, 0.5) is 0 Å². The standard InChI is InChI=1S/C20H20NO3S.3CO.Mn/c1-21(2)25(23,24)19-15-9-14-18(19)20(22,16-10-5-3-6-11-16)17-12-7-4-8-13-17;3*1-2;/h3-15,22H,1-2H3;;;;/q-1;;;;. The molecule has 7 nitrogen and oxygen atoms in total. The van der Waals surface area contributed by atoms with Crippen LogP contribution in [0.25, 0.3) is 0 Å². The molecule has 3 aromatic carbocycles. The minimum atomic E-state index is -3.69. The summed E-state index contributed by atoms with van der Waals surface area (Å²) in [6, 6.07) is 23.1. The van der Waals surface area contributed by atoms with Gasteiger partial charge in [-0.1, -0.05) is 66.2 Å². The summed E-state index contributed by atoms with van der Waals surface area (Å²) >= 11 is 0. The van der Waals surface area contributed by atoms with Gasteiger partial charge in [-0.05, 0) is 16.0 Å². The number of benzene rings is 2. The third-order valence-electron chi connectivity index (χ3n) is 4.31. The molecule has 0 aliphatic heterocycles. The van der Waals surface area contributed by atoms with Gasteiger partial charge in [0.15, 0.2) is 0 Å². The molecule has 32 heavy (non-hydrogen) atoms. The van der Waals surface area contributed by atoms with E-state index in [1.165, 1.54) is 20.2 Å². The van der Waals surface area contributed by atoms with E-state index in [0.717, 1.165) is 4.31 Å². The Kier molecular flexibility index (Phi) is 15.0. The molecule has 0 heterocycles. The summed E-state index contributed by atoms with van der Waals surface area (Å²) < 4.78 is 49.1. The first-order chi connectivity index (χ1) is 14.9. The first kappa shape index (κ1) is 31.6. The zero-order valence-corrected chi connectivity index (χ0v) is 19.2. The van der Waals surface area contributed by atoms with Gasteiger partial charge in [-0.25, -0.2) is 18.8 Å². The Morgan fingerprint density at radius 1 is 0.781 bits per heavy atom. The summed E-state index contributed by atoms with van der Waals surface area (Å²) in [5.74, 6) is 0. The van der Waals surface area contributed by atoms with Gasteiger partial charge in [0.1, 0.15) is 0 Å². The van der Waals surface area contributed by atoms with Crippen LogP contribution in [0.5, 0.6) is 0 Å². The minimum absolute atomic E-state index is 0. The maximum absolute atomic E-state index is 12.7. The van der Waals surface area contributed by atoms with Crippen LogP contribution < -0.4 is 0 Å². The van der Waals surface area contributed by atoms with Crippen molar-refractivity contribution < 1.29 is 44.5 Å². The van der Waals surface area contributed by atoms with Crippen LogP contribution in [0.15, 0.2) is 83.8 Å². The fourth-order valence-electron chi connectivity index (χ4n) is 2.96. The van der Waals surface area contributed by atoms with Gasteiger partial charge in [0.05, 0.1) is 5.60 Å². The van der Waals surface area contributed by atoms with Crippen molar-refractivity contribution in [1.29, 1.82) is 0 Å². The molecule has 0 saturated carbocycles. The first-order valence-corrected chi connectivity index (χ1v) is 9.96. The zero-order valence-electron chi connectivity index (χ0n) is 17.2. The van der Waals surface area contributed by atoms with Crippen LogP contribution in [0.2, 0.25) is 0 Å². The van der Waals surface area contributed by atoms with Gasteiger partial charge in [-0.2, -0.15) is 12.1 Å². The molecule has 0 aliphatic carbocycles. The van der Waals surface area contributed by atoms with Gasteiger partial charge in [0.25, 0.3) is 0 Å². The molecule has 0 aromatic heterocycles. The first-order valence-electron chi connectivity index (χ1n) is 8.52. The van der Waals surface area contributed by atoms with E-state index in [1.54, 1.807) is 36.4 Å². The van der Waals surface area contributed by atoms with Gasteiger partial charge < -0.3 is 5.11 Å². The maximum atomic E-state index is 12.7. The molecular formula is C23H20MnNO6S-. The molecule has 167 valence electrons. The largest absolute Gasteiger partial charge is 0 e. The predicted octanol–water partition coefficient (Wildman–Crippen LogP) is 2.82. The van der Waals surface area contributed by atoms with Crippen molar-refractivity contribution in [2.45, 2.75) is 10.5 Å². The van der Waals surface area contributed by atoms with Gasteiger partial charge in [-0.15, -0.1) is 0 Å². The fraction of sp³-hybridized carbons (Fsp3) is 0.130. The molecule has 1 N–H and O–H groups in total. The monoisotopic (exact) mass is 493 g/mol. The second-order valence-corrected chi connectivity index (χ2v) is 8.15. The summed E-state index contributed by atoms with van der Waals surface area (Å²) in [6.07, 6.45) is 0. The fourth-order valence-corrected chi connectivity index (χ4v) is 4.10. The van der Waals surface area contributed by atoms with E-state index >= 15 is 0 Å². The Balaban J connectivity index is 0. The number of nitrogens with zero attached hydrogens (tertiary/aromatic N) is 1. The number of sulfonamides is 1. The molecule has 9 heteroatoms. The topological polar surface area (TPSA) is 117 Å². The number of hydrogen-bond donors (Lipinski definition) is 1. The Morgan fingerprint density at radius 2 is 1.16 bits per heavy atom. The van der Waals surface area contributed by atoms with Gasteiger partial charge in [0.2, 0.25) is 10.0 Å². The molecule has 0 fully saturated rings. The van der Waals surface area contributed by atoms with Crippen molar-refractivity contribution in [3.63, 3.8) is 0 Å². The Bertz CT molecular complexity index is 1030. The average Bonchev–Trinajstić information content (AvgIpc) is 3.35. The van der Waals surface area contributed by atoms with Crippen molar-refractivity contribution in [3.05, 3.63) is 116 Å². The van der Waals surface area contributed by atoms with Gasteiger partial charge in [0, 0.05) is 31.2 Å². The van der Waals surface area contributed by atoms with Gasteiger partial charge >= 0.3 is 33.9 Å². The van der Waals surface area contributed by atoms with E-state index in [2.05, 4.69) is 20.0 Å².